The van der Waals surface area contributed by atoms with Gasteiger partial charge in [0.2, 0.25) is 0 Å². The predicted molar refractivity (Wildman–Crippen MR) is 416 cm³/mol. The van der Waals surface area contributed by atoms with Gasteiger partial charge in [-0.1, -0.05) is 231 Å². The number of anilines is 1. The maximum Gasteiger partial charge on any atom is 0.319 e. The van der Waals surface area contributed by atoms with Gasteiger partial charge in [0.25, 0.3) is 0 Å². The Morgan fingerprint density at radius 3 is 0.755 bits per heavy atom. The van der Waals surface area contributed by atoms with Gasteiger partial charge in [-0.05, 0) is 207 Å². The summed E-state index contributed by atoms with van der Waals surface area (Å²) in [7, 11) is 0. The monoisotopic (exact) mass is 1340 g/mol. The van der Waals surface area contributed by atoms with E-state index in [4.69, 9.17) is 23.7 Å². The van der Waals surface area contributed by atoms with Crippen LogP contribution in [0.5, 0.6) is 28.7 Å². The SMILES string of the molecule is CC(C)CCCOc1c2cc(NC(=O)N[C@@H](C)c3ccccc3)cc1Cc1cc(C(C)(C)C)cc(c1OCCCC(C)C)Cc1cc(C(C)(C)C)cc(c1OCCCC(C)C)Cc1cc(C(C)(C)C)cc(c1OCCCC(C)C)Cc1cc(C(C)(C)C)cc(c1OCCCC(C)C)C2. The lowest BCUT2D eigenvalue weighted by Gasteiger charge is -2.29. The minimum Gasteiger partial charge on any atom is -0.493 e. The molecule has 2 N–H and O–H groups in total. The Bertz CT molecular complexity index is 3330. The van der Waals surface area contributed by atoms with Crippen LogP contribution in [0.15, 0.2) is 91.0 Å². The summed E-state index contributed by atoms with van der Waals surface area (Å²) in [5, 5.41) is 6.71. The first-order valence-electron chi connectivity index (χ1n) is 38.1. The number of fused-ring (bicyclic) bond motifs is 10. The quantitative estimate of drug-likeness (QED) is 0.0475. The first-order chi connectivity index (χ1) is 46.0. The second-order valence-electron chi connectivity index (χ2n) is 35.2. The van der Waals surface area contributed by atoms with E-state index >= 15 is 0 Å². The van der Waals surface area contributed by atoms with Gasteiger partial charge in [-0.25, -0.2) is 4.79 Å². The molecule has 1 aliphatic carbocycles. The zero-order chi connectivity index (χ0) is 71.9. The van der Waals surface area contributed by atoms with Crippen LogP contribution in [0.25, 0.3) is 0 Å². The van der Waals surface area contributed by atoms with Crippen molar-refractivity contribution >= 4 is 11.7 Å². The molecule has 0 radical (unpaired) electrons. The van der Waals surface area contributed by atoms with E-state index in [-0.39, 0.29) is 33.7 Å². The summed E-state index contributed by atoms with van der Waals surface area (Å²) in [6.45, 7) is 56.0. The minimum atomic E-state index is -0.277. The maximum absolute atomic E-state index is 14.7. The lowest BCUT2D eigenvalue weighted by molar-refractivity contribution is 0.249. The molecule has 6 aromatic rings. The van der Waals surface area contributed by atoms with Gasteiger partial charge in [-0.15, -0.1) is 0 Å². The van der Waals surface area contributed by atoms with Crippen molar-refractivity contribution in [3.8, 4) is 28.7 Å². The van der Waals surface area contributed by atoms with Crippen LogP contribution in [0.2, 0.25) is 0 Å². The standard InChI is InChI=1S/C90H132N2O6/c1-59(2)32-27-39-94-81-66-44-67-50-77(88(15,16)17)52-69(82(67)95-40-28-33-60(3)4)46-71-54-79(90(21,22)23)56-73(84(71)97-42-30-35-62(7)8)48-75-58-80(92-86(93)91-64(11)65-37-25-24-26-38-65)57-74(85(75)98-43-31-36-63(9)10)47-72-55-78(89(18,19)20)53-70(83(72)96-41-29-34-61(5)6)45-68(81)51-76(49-66)87(12,13)14/h24-26,37-38,49-64H,27-36,39-48H2,1-23H3,(H2,91,92,93)/t64-/m0/s1. The number of rotatable bonds is 28. The number of nitrogens with one attached hydrogen (secondary N) is 2. The van der Waals surface area contributed by atoms with Crippen LogP contribution < -0.4 is 34.3 Å². The number of urea groups is 1. The first kappa shape index (κ1) is 78.9. The lowest BCUT2D eigenvalue weighted by atomic mass is 9.79. The zero-order valence-electron chi connectivity index (χ0n) is 65.7. The second kappa shape index (κ2) is 35.3. The fraction of sp³-hybridized carbons (Fsp3) is 0.589. The van der Waals surface area contributed by atoms with Crippen molar-refractivity contribution in [3.05, 3.63) is 174 Å². The molecular formula is C90H132N2O6. The normalized spacial score (nSPS) is 13.5. The van der Waals surface area contributed by atoms with Crippen LogP contribution >= 0.6 is 0 Å². The Morgan fingerprint density at radius 2 is 0.551 bits per heavy atom. The average Bonchev–Trinajstić information content (AvgIpc) is 0.770. The molecule has 0 aromatic heterocycles. The van der Waals surface area contributed by atoms with Crippen LogP contribution in [0.1, 0.15) is 313 Å². The fourth-order valence-electron chi connectivity index (χ4n) is 13.4. The van der Waals surface area contributed by atoms with Gasteiger partial charge in [0, 0.05) is 48.9 Å². The number of amides is 2. The number of hydrogen-bond acceptors (Lipinski definition) is 6. The third-order valence-corrected chi connectivity index (χ3v) is 19.3. The van der Waals surface area contributed by atoms with Crippen molar-refractivity contribution in [1.82, 2.24) is 5.32 Å². The van der Waals surface area contributed by atoms with Crippen molar-refractivity contribution in [2.24, 2.45) is 29.6 Å². The molecule has 10 bridgehead atoms. The average molecular weight is 1340 g/mol. The predicted octanol–water partition coefficient (Wildman–Crippen LogP) is 24.1. The highest BCUT2D eigenvalue weighted by molar-refractivity contribution is 5.90. The number of hydrogen-bond donors (Lipinski definition) is 2. The molecule has 0 aliphatic heterocycles. The highest BCUT2D eigenvalue weighted by Gasteiger charge is 2.31. The van der Waals surface area contributed by atoms with E-state index in [0.29, 0.717) is 100 Å². The molecule has 6 aromatic carbocycles. The molecule has 1 atom stereocenters. The molecule has 0 heterocycles. The van der Waals surface area contributed by atoms with Crippen molar-refractivity contribution < 1.29 is 28.5 Å². The van der Waals surface area contributed by atoms with E-state index in [1.54, 1.807) is 0 Å². The molecule has 7 rings (SSSR count). The molecule has 0 spiro atoms. The Morgan fingerprint density at radius 1 is 0.337 bits per heavy atom. The van der Waals surface area contributed by atoms with Crippen molar-refractivity contribution in [3.63, 3.8) is 0 Å². The number of ether oxygens (including phenoxy) is 5. The fourth-order valence-corrected chi connectivity index (χ4v) is 13.4. The molecule has 0 unspecified atom stereocenters. The van der Waals surface area contributed by atoms with Crippen LogP contribution in [0, 0.1) is 29.6 Å². The van der Waals surface area contributed by atoms with Gasteiger partial charge in [0.15, 0.2) is 0 Å². The van der Waals surface area contributed by atoms with Gasteiger partial charge < -0.3 is 34.3 Å². The Labute approximate surface area is 596 Å². The lowest BCUT2D eigenvalue weighted by Crippen LogP contribution is -2.31. The molecule has 1 aliphatic rings. The number of carbonyl (C=O) groups excluding carboxylic acids is 1. The summed E-state index contributed by atoms with van der Waals surface area (Å²) in [5.41, 5.74) is 16.9. The summed E-state index contributed by atoms with van der Waals surface area (Å²) in [4.78, 5) is 14.7. The van der Waals surface area contributed by atoms with E-state index in [1.165, 1.54) is 33.4 Å². The molecule has 2 amide bonds. The smallest absolute Gasteiger partial charge is 0.319 e. The third kappa shape index (κ3) is 23.6. The summed E-state index contributed by atoms with van der Waals surface area (Å²) in [6, 6.07) is 33.6. The molecule has 0 saturated heterocycles. The van der Waals surface area contributed by atoms with Crippen molar-refractivity contribution in [2.75, 3.05) is 38.4 Å². The Kier molecular flexibility index (Phi) is 28.4. The van der Waals surface area contributed by atoms with Crippen molar-refractivity contribution in [2.45, 2.75) is 283 Å². The summed E-state index contributed by atoms with van der Waals surface area (Å²) in [5.74, 6) is 7.25. The van der Waals surface area contributed by atoms with Crippen LogP contribution in [-0.2, 0) is 53.8 Å². The van der Waals surface area contributed by atoms with Gasteiger partial charge >= 0.3 is 6.03 Å². The van der Waals surface area contributed by atoms with E-state index in [1.807, 2.05) is 25.1 Å². The Hall–Kier alpha value is -6.41. The number of carbonyl (C=O) groups is 1. The van der Waals surface area contributed by atoms with E-state index in [9.17, 15) is 4.79 Å². The molecule has 8 nitrogen and oxygen atoms in total. The minimum absolute atomic E-state index is 0.198. The number of benzene rings is 6. The van der Waals surface area contributed by atoms with Gasteiger partial charge in [0.1, 0.15) is 28.7 Å². The Balaban J connectivity index is 1.70. The second-order valence-corrected chi connectivity index (χ2v) is 35.2. The van der Waals surface area contributed by atoms with Crippen LogP contribution in [-0.4, -0.2) is 39.1 Å². The summed E-state index contributed by atoms with van der Waals surface area (Å²) < 4.78 is 37.3. The van der Waals surface area contributed by atoms with Crippen LogP contribution in [0.3, 0.4) is 0 Å². The molecule has 8 heteroatoms. The zero-order valence-corrected chi connectivity index (χ0v) is 65.7. The van der Waals surface area contributed by atoms with E-state index in [2.05, 4.69) is 236 Å². The van der Waals surface area contributed by atoms with Gasteiger partial charge in [-0.3, -0.25) is 0 Å². The third-order valence-electron chi connectivity index (χ3n) is 19.3. The van der Waals surface area contributed by atoms with Gasteiger partial charge in [0.05, 0.1) is 39.1 Å². The first-order valence-corrected chi connectivity index (χ1v) is 38.1. The van der Waals surface area contributed by atoms with Gasteiger partial charge in [-0.2, -0.15) is 0 Å². The molecule has 98 heavy (non-hydrogen) atoms. The van der Waals surface area contributed by atoms with Crippen LogP contribution in [0.4, 0.5) is 10.5 Å². The summed E-state index contributed by atoms with van der Waals surface area (Å²) >= 11 is 0. The van der Waals surface area contributed by atoms with E-state index in [0.717, 1.165) is 143 Å². The summed E-state index contributed by atoms with van der Waals surface area (Å²) in [6.07, 6.45) is 12.7. The molecular weight excluding hydrogens is 1200 g/mol. The highest BCUT2D eigenvalue weighted by Crippen LogP contribution is 2.46. The topological polar surface area (TPSA) is 87.3 Å². The molecule has 0 saturated carbocycles. The molecule has 538 valence electrons. The largest absolute Gasteiger partial charge is 0.493 e. The van der Waals surface area contributed by atoms with Crippen molar-refractivity contribution in [1.29, 1.82) is 0 Å². The van der Waals surface area contributed by atoms with E-state index < -0.39 is 0 Å². The molecule has 0 fully saturated rings. The highest BCUT2D eigenvalue weighted by atomic mass is 16.5. The maximum atomic E-state index is 14.7.